The maximum absolute atomic E-state index is 15.0. The minimum absolute atomic E-state index is 0.0184. The van der Waals surface area contributed by atoms with Crippen LogP contribution < -0.4 is 37.6 Å². The number of carboxylic acid groups (broad SMARTS) is 4. The lowest BCUT2D eigenvalue weighted by molar-refractivity contribution is -0.148. The van der Waals surface area contributed by atoms with E-state index in [0.29, 0.717) is 49.4 Å². The first-order chi connectivity index (χ1) is 52.1. The first-order valence-electron chi connectivity index (χ1n) is 36.9. The van der Waals surface area contributed by atoms with Gasteiger partial charge in [-0.2, -0.15) is 0 Å². The molecule has 606 valence electrons. The number of nitrogens with one attached hydrogen (secondary N) is 6. The molecule has 5 aliphatic rings. The normalized spacial score (nSPS) is 23.2. The van der Waals surface area contributed by atoms with Gasteiger partial charge in [0.15, 0.2) is 0 Å². The van der Waals surface area contributed by atoms with Gasteiger partial charge in [-0.3, -0.25) is 91.6 Å². The van der Waals surface area contributed by atoms with Crippen LogP contribution in [-0.4, -0.2) is 353 Å². The van der Waals surface area contributed by atoms with Gasteiger partial charge in [-0.15, -0.1) is 23.5 Å². The van der Waals surface area contributed by atoms with E-state index in [9.17, 15) is 97.5 Å². The third-order valence-corrected chi connectivity index (χ3v) is 21.1. The molecule has 5 aliphatic heterocycles. The van der Waals surface area contributed by atoms with Gasteiger partial charge >= 0.3 is 23.9 Å². The number of carboxylic acids is 4. The number of hydrogen-bond donors (Lipinski definition) is 12. The Morgan fingerprint density at radius 3 is 1.60 bits per heavy atom. The van der Waals surface area contributed by atoms with Crippen LogP contribution >= 0.6 is 23.5 Å². The second-order valence-electron chi connectivity index (χ2n) is 27.1. The summed E-state index contributed by atoms with van der Waals surface area (Å²) >= 11 is 1.38. The van der Waals surface area contributed by atoms with Crippen molar-refractivity contribution in [3.8, 4) is 0 Å². The molecule has 39 heteroatoms. The number of unbranched alkanes of at least 4 members (excludes halogenated alkanes) is 2. The quantitative estimate of drug-likeness (QED) is 0.0235. The number of hydrogen-bond acceptors (Lipinski definition) is 25. The maximum Gasteiger partial charge on any atom is 0.327 e. The molecule has 0 aliphatic carbocycles. The molecule has 109 heavy (non-hydrogen) atoms. The molecule has 13 N–H and O–H groups in total. The number of amides is 11. The molecule has 3 saturated heterocycles. The van der Waals surface area contributed by atoms with Gasteiger partial charge in [-0.25, -0.2) is 4.79 Å². The van der Waals surface area contributed by atoms with Crippen molar-refractivity contribution in [1.82, 2.24) is 66.2 Å². The molecule has 8 atom stereocenters. The standard InChI is InChI=1S/C70H106N14O23S2/c1-3-4-6-17-54(87)73-49-43-108-60-61(69(102)84(68(60)101)23-12-33-106-35-37-107-36-34-105-32-11-20-72-55(88)39-78-24-26-79(40-56(89)90)28-30-81(42-58(93)94)31-29-80(27-25-78)41-57(91)92)109-44-50(70(103)104)76-63(96)48(38-46-13-7-5-8-14-46)75-62(95)47(18-19-53(71)86)74-65(98)59(45(2)85)77-64(97)51-15-9-21-82(51)67(100)52-16-10-22-83(52)66(49)99/h5,7-8,13-14,45,47-52,59,85H,3-4,6,9-12,15-44H2,1-2H3,(H2,71,86)(H,72,88)(H,73,87)(H,74,98)(H,75,95)(H,76,96)(H,77,97)(H,89,90)(H,91,92)(H,93,94)(H,103,104)/t45-,47+,48+,49+,50+,51+,52+,59+/m1/s1. The van der Waals surface area contributed by atoms with E-state index >= 15 is 0 Å². The minimum Gasteiger partial charge on any atom is -0.480 e. The van der Waals surface area contributed by atoms with E-state index in [1.54, 1.807) is 45.0 Å². The van der Waals surface area contributed by atoms with Gasteiger partial charge < -0.3 is 87.2 Å². The topological polar surface area (TPSA) is 506 Å². The molecule has 3 fully saturated rings. The number of aliphatic carboxylic acids is 4. The number of rotatable bonds is 34. The van der Waals surface area contributed by atoms with E-state index in [-0.39, 0.29) is 198 Å². The molecule has 0 saturated carbocycles. The smallest absolute Gasteiger partial charge is 0.327 e. The van der Waals surface area contributed by atoms with Crippen molar-refractivity contribution in [1.29, 1.82) is 0 Å². The number of aliphatic hydroxyl groups is 1. The number of thioether (sulfide) groups is 2. The summed E-state index contributed by atoms with van der Waals surface area (Å²) in [5.74, 6) is -14.5. The van der Waals surface area contributed by atoms with Gasteiger partial charge in [0.25, 0.3) is 11.8 Å². The Morgan fingerprint density at radius 1 is 0.560 bits per heavy atom. The van der Waals surface area contributed by atoms with E-state index in [0.717, 1.165) is 23.1 Å². The predicted octanol–water partition coefficient (Wildman–Crippen LogP) is -3.57. The third-order valence-electron chi connectivity index (χ3n) is 18.7. The van der Waals surface area contributed by atoms with E-state index in [2.05, 4.69) is 31.9 Å². The van der Waals surface area contributed by atoms with Crippen molar-refractivity contribution in [3.05, 3.63) is 45.7 Å². The van der Waals surface area contributed by atoms with E-state index in [1.165, 1.54) is 16.7 Å². The predicted molar refractivity (Wildman–Crippen MR) is 393 cm³/mol. The van der Waals surface area contributed by atoms with Crippen LogP contribution in [0.4, 0.5) is 0 Å². The van der Waals surface area contributed by atoms with Crippen molar-refractivity contribution in [3.63, 3.8) is 0 Å². The van der Waals surface area contributed by atoms with E-state index in [4.69, 9.17) is 19.9 Å². The maximum atomic E-state index is 15.0. The highest BCUT2D eigenvalue weighted by Gasteiger charge is 2.46. The van der Waals surface area contributed by atoms with Crippen LogP contribution in [-0.2, 0) is 92.5 Å². The second-order valence-corrected chi connectivity index (χ2v) is 29.2. The fraction of sp³-hybridized carbons (Fsp3) is 0.671. The van der Waals surface area contributed by atoms with E-state index in [1.807, 2.05) is 11.8 Å². The summed E-state index contributed by atoms with van der Waals surface area (Å²) in [5.41, 5.74) is 5.96. The number of carbonyl (C=O) groups is 15. The van der Waals surface area contributed by atoms with Crippen LogP contribution in [0.1, 0.15) is 96.5 Å². The molecule has 1 aromatic carbocycles. The van der Waals surface area contributed by atoms with Crippen molar-refractivity contribution in [2.45, 2.75) is 146 Å². The molecule has 0 bridgehead atoms. The first-order valence-corrected chi connectivity index (χ1v) is 38.9. The van der Waals surface area contributed by atoms with Crippen molar-refractivity contribution in [2.24, 2.45) is 5.73 Å². The molecule has 37 nitrogen and oxygen atoms in total. The van der Waals surface area contributed by atoms with Gasteiger partial charge in [-0.05, 0) is 63.9 Å². The zero-order chi connectivity index (χ0) is 79.5. The molecule has 0 spiro atoms. The summed E-state index contributed by atoms with van der Waals surface area (Å²) < 4.78 is 17.1. The number of carbonyl (C=O) groups excluding carboxylic acids is 11. The van der Waals surface area contributed by atoms with Crippen LogP contribution in [0.15, 0.2) is 40.1 Å². The fourth-order valence-electron chi connectivity index (χ4n) is 12.8. The molecule has 1 aromatic rings. The fourth-order valence-corrected chi connectivity index (χ4v) is 15.2. The van der Waals surface area contributed by atoms with Crippen LogP contribution in [0.2, 0.25) is 0 Å². The molecule has 0 radical (unpaired) electrons. The summed E-state index contributed by atoms with van der Waals surface area (Å²) in [5, 5.41) is 65.7. The Balaban J connectivity index is 1.10. The Bertz CT molecular complexity index is 3310. The van der Waals surface area contributed by atoms with E-state index < -0.39 is 150 Å². The highest BCUT2D eigenvalue weighted by atomic mass is 32.2. The highest BCUT2D eigenvalue weighted by molar-refractivity contribution is 8.08. The summed E-state index contributed by atoms with van der Waals surface area (Å²) in [4.78, 5) is 213. The van der Waals surface area contributed by atoms with Crippen molar-refractivity contribution in [2.75, 3.05) is 156 Å². The lowest BCUT2D eigenvalue weighted by Crippen LogP contribution is -2.61. The summed E-state index contributed by atoms with van der Waals surface area (Å²) in [6.07, 6.45) is 0.642. The number of primary amides is 1. The zero-order valence-corrected chi connectivity index (χ0v) is 63.4. The second kappa shape index (κ2) is 46.9. The number of nitrogens with two attached hydrogens (primary N) is 1. The van der Waals surface area contributed by atoms with Crippen LogP contribution in [0.3, 0.4) is 0 Å². The van der Waals surface area contributed by atoms with Gasteiger partial charge in [0, 0.05) is 123 Å². The van der Waals surface area contributed by atoms with Crippen LogP contribution in [0.25, 0.3) is 0 Å². The molecule has 5 heterocycles. The zero-order valence-electron chi connectivity index (χ0n) is 61.8. The van der Waals surface area contributed by atoms with Gasteiger partial charge in [0.2, 0.25) is 53.2 Å². The van der Waals surface area contributed by atoms with Gasteiger partial charge in [0.1, 0.15) is 42.3 Å². The Morgan fingerprint density at radius 2 is 1.06 bits per heavy atom. The van der Waals surface area contributed by atoms with Crippen molar-refractivity contribution >= 4 is 112 Å². The minimum atomic E-state index is -1.83. The van der Waals surface area contributed by atoms with Crippen LogP contribution in [0.5, 0.6) is 0 Å². The SMILES string of the molecule is CCCCCC(=O)N[C@H]1CSC2=C(SC[C@@H](C(=O)O)NC(=O)[C@H](Cc3ccccc3)NC(=O)[C@H](CCC(N)=O)NC(=O)[C@H]([C@@H](C)O)NC(=O)[C@@H]3CCCN3C(=O)[C@@H]3CCCN3C1=O)C(=O)N(CCCOCCOCCOCCCNC(=O)CN1CCN(CC(=O)O)CCN(CC(=O)O)CCN(CC(=O)O)CC1)C2=O. The summed E-state index contributed by atoms with van der Waals surface area (Å²) in [6.45, 7) is 5.33. The molecule has 0 unspecified atom stereocenters. The Kier molecular flexibility index (Phi) is 38.5. The van der Waals surface area contributed by atoms with Gasteiger partial charge in [0.05, 0.1) is 68.5 Å². The highest BCUT2D eigenvalue weighted by Crippen LogP contribution is 2.38. The lowest BCUT2D eigenvalue weighted by Gasteiger charge is -2.33. The monoisotopic (exact) mass is 1570 g/mol. The number of ether oxygens (including phenoxy) is 3. The molecule has 11 amide bonds. The molecule has 0 aromatic heterocycles. The molecule has 6 rings (SSSR count). The summed E-state index contributed by atoms with van der Waals surface area (Å²) in [6, 6.07) is -2.34. The number of fused-ring (bicyclic) bond motifs is 2. The average Bonchev–Trinajstić information content (AvgIpc) is 1.65. The Labute approximate surface area is 640 Å². The number of aliphatic hydroxyl groups excluding tert-OH is 1. The van der Waals surface area contributed by atoms with Crippen molar-refractivity contribution < 1.29 is 112 Å². The molecular weight excluding hydrogens is 1470 g/mol. The lowest BCUT2D eigenvalue weighted by atomic mass is 10.0. The first kappa shape index (κ1) is 89.5. The number of nitrogens with zero attached hydrogens (tertiary/aromatic N) is 7. The molecular formula is C70H106N14O23S2. The number of benzene rings is 1. The van der Waals surface area contributed by atoms with Gasteiger partial charge in [-0.1, -0.05) is 50.1 Å². The van der Waals surface area contributed by atoms with Crippen LogP contribution in [0, 0.1) is 0 Å². The third kappa shape index (κ3) is 30.4. The Hall–Kier alpha value is -8.41. The largest absolute Gasteiger partial charge is 0.480 e. The number of imide groups is 1. The summed E-state index contributed by atoms with van der Waals surface area (Å²) in [7, 11) is 0. The average molecular weight is 1580 g/mol.